The van der Waals surface area contributed by atoms with Crippen LogP contribution >= 0.6 is 11.5 Å². The Bertz CT molecular complexity index is 1040. The lowest BCUT2D eigenvalue weighted by atomic mass is 9.98. The van der Waals surface area contributed by atoms with Crippen LogP contribution in [0.15, 0.2) is 53.9 Å². The predicted octanol–water partition coefficient (Wildman–Crippen LogP) is 4.46. The zero-order valence-electron chi connectivity index (χ0n) is 17.8. The highest BCUT2D eigenvalue weighted by atomic mass is 32.1. The summed E-state index contributed by atoms with van der Waals surface area (Å²) in [5, 5.41) is 8.61. The van der Waals surface area contributed by atoms with Gasteiger partial charge in [-0.2, -0.15) is 0 Å². The fourth-order valence-corrected chi connectivity index (χ4v) is 3.71. The number of nitrogens with one attached hydrogen (secondary N) is 1. The smallest absolute Gasteiger partial charge is 0.280 e. The molecule has 6 nitrogen and oxygen atoms in total. The summed E-state index contributed by atoms with van der Waals surface area (Å²) >= 11 is 1.10. The van der Waals surface area contributed by atoms with Gasteiger partial charge in [0.2, 0.25) is 5.91 Å². The van der Waals surface area contributed by atoms with Crippen molar-refractivity contribution in [1.82, 2.24) is 14.9 Å². The number of amides is 2. The SMILES string of the molecule is Cc1cccc([C@H](C(=O)NC(C)(C)C)N(C(=O)c2csnn2)c2ccccc2C)c1. The van der Waals surface area contributed by atoms with E-state index in [1.54, 1.807) is 5.38 Å². The maximum absolute atomic E-state index is 13.6. The van der Waals surface area contributed by atoms with E-state index >= 15 is 0 Å². The first-order chi connectivity index (χ1) is 14.2. The van der Waals surface area contributed by atoms with Crippen molar-refractivity contribution in [2.75, 3.05) is 4.90 Å². The number of anilines is 1. The highest BCUT2D eigenvalue weighted by Gasteiger charge is 2.36. The van der Waals surface area contributed by atoms with Crippen LogP contribution in [0.3, 0.4) is 0 Å². The normalized spacial score (nSPS) is 12.3. The van der Waals surface area contributed by atoms with Crippen LogP contribution in [0.25, 0.3) is 0 Å². The van der Waals surface area contributed by atoms with Crippen molar-refractivity contribution < 1.29 is 9.59 Å². The van der Waals surface area contributed by atoms with Gasteiger partial charge < -0.3 is 5.32 Å². The largest absolute Gasteiger partial charge is 0.349 e. The molecule has 0 saturated carbocycles. The number of aromatic nitrogens is 2. The summed E-state index contributed by atoms with van der Waals surface area (Å²) in [4.78, 5) is 28.6. The molecule has 2 amide bonds. The van der Waals surface area contributed by atoms with E-state index in [0.717, 1.165) is 28.2 Å². The fourth-order valence-electron chi connectivity index (χ4n) is 3.28. The van der Waals surface area contributed by atoms with Crippen LogP contribution < -0.4 is 10.2 Å². The molecule has 1 atom stereocenters. The molecule has 1 aromatic heterocycles. The second kappa shape index (κ2) is 8.75. The zero-order valence-corrected chi connectivity index (χ0v) is 18.7. The molecule has 0 aliphatic heterocycles. The fraction of sp³-hybridized carbons (Fsp3) is 0.304. The van der Waals surface area contributed by atoms with Crippen molar-refractivity contribution >= 4 is 29.0 Å². The Balaban J connectivity index is 2.21. The number of hydrogen-bond donors (Lipinski definition) is 1. The molecular formula is C23H26N4O2S. The Labute approximate surface area is 181 Å². The van der Waals surface area contributed by atoms with E-state index in [1.165, 1.54) is 4.90 Å². The Kier molecular flexibility index (Phi) is 6.31. The lowest BCUT2D eigenvalue weighted by Crippen LogP contribution is -2.49. The lowest BCUT2D eigenvalue weighted by Gasteiger charge is -2.34. The quantitative estimate of drug-likeness (QED) is 0.659. The van der Waals surface area contributed by atoms with Crippen molar-refractivity contribution in [1.29, 1.82) is 0 Å². The van der Waals surface area contributed by atoms with E-state index < -0.39 is 11.6 Å². The number of carbonyl (C=O) groups excluding carboxylic acids is 2. The molecule has 0 bridgehead atoms. The van der Waals surface area contributed by atoms with Crippen LogP contribution in [-0.4, -0.2) is 26.9 Å². The first kappa shape index (κ1) is 21.6. The summed E-state index contributed by atoms with van der Waals surface area (Å²) < 4.78 is 3.84. The van der Waals surface area contributed by atoms with Crippen molar-refractivity contribution in [3.05, 3.63) is 76.3 Å². The van der Waals surface area contributed by atoms with Crippen LogP contribution in [-0.2, 0) is 4.79 Å². The van der Waals surface area contributed by atoms with Gasteiger partial charge in [-0.3, -0.25) is 14.5 Å². The Morgan fingerprint density at radius 3 is 2.40 bits per heavy atom. The van der Waals surface area contributed by atoms with Crippen LogP contribution in [0.5, 0.6) is 0 Å². The molecule has 0 unspecified atom stereocenters. The van der Waals surface area contributed by atoms with E-state index in [9.17, 15) is 9.59 Å². The van der Waals surface area contributed by atoms with E-state index in [4.69, 9.17) is 0 Å². The summed E-state index contributed by atoms with van der Waals surface area (Å²) in [6.07, 6.45) is 0. The van der Waals surface area contributed by atoms with Gasteiger partial charge >= 0.3 is 0 Å². The molecule has 1 heterocycles. The molecule has 1 N–H and O–H groups in total. The summed E-state index contributed by atoms with van der Waals surface area (Å²) in [5.41, 5.74) is 3.04. The van der Waals surface area contributed by atoms with Gasteiger partial charge in [-0.1, -0.05) is 52.5 Å². The van der Waals surface area contributed by atoms with E-state index in [2.05, 4.69) is 14.9 Å². The van der Waals surface area contributed by atoms with Crippen molar-refractivity contribution in [3.63, 3.8) is 0 Å². The molecule has 156 valence electrons. The first-order valence-corrected chi connectivity index (χ1v) is 10.6. The van der Waals surface area contributed by atoms with Crippen LogP contribution in [0.4, 0.5) is 5.69 Å². The number of carbonyl (C=O) groups is 2. The van der Waals surface area contributed by atoms with Gasteiger partial charge in [-0.25, -0.2) is 0 Å². The molecule has 7 heteroatoms. The third kappa shape index (κ3) is 4.91. The average Bonchev–Trinajstić information content (AvgIpc) is 3.19. The van der Waals surface area contributed by atoms with Gasteiger partial charge in [0.05, 0.1) is 0 Å². The molecule has 0 spiro atoms. The monoisotopic (exact) mass is 422 g/mol. The number of aryl methyl sites for hydroxylation is 2. The molecule has 0 radical (unpaired) electrons. The third-order valence-electron chi connectivity index (χ3n) is 4.54. The second-order valence-corrected chi connectivity index (χ2v) is 8.92. The maximum Gasteiger partial charge on any atom is 0.280 e. The van der Waals surface area contributed by atoms with Crippen LogP contribution in [0.2, 0.25) is 0 Å². The van der Waals surface area contributed by atoms with Gasteiger partial charge in [0, 0.05) is 16.6 Å². The zero-order chi connectivity index (χ0) is 21.9. The summed E-state index contributed by atoms with van der Waals surface area (Å²) in [6, 6.07) is 14.3. The van der Waals surface area contributed by atoms with E-state index in [-0.39, 0.29) is 17.5 Å². The molecule has 3 rings (SSSR count). The Morgan fingerprint density at radius 2 is 1.80 bits per heavy atom. The topological polar surface area (TPSA) is 75.2 Å². The minimum absolute atomic E-state index is 0.212. The second-order valence-electron chi connectivity index (χ2n) is 8.31. The molecule has 0 saturated heterocycles. The lowest BCUT2D eigenvalue weighted by molar-refractivity contribution is -0.123. The van der Waals surface area contributed by atoms with Crippen molar-refractivity contribution in [2.45, 2.75) is 46.2 Å². The number of nitrogens with zero attached hydrogens (tertiary/aromatic N) is 3. The van der Waals surface area contributed by atoms with Gasteiger partial charge in [0.1, 0.15) is 6.04 Å². The molecule has 3 aromatic rings. The first-order valence-electron chi connectivity index (χ1n) is 9.72. The Hall–Kier alpha value is -3.06. The average molecular weight is 423 g/mol. The van der Waals surface area contributed by atoms with Crippen molar-refractivity contribution in [2.24, 2.45) is 0 Å². The van der Waals surface area contributed by atoms with Crippen molar-refractivity contribution in [3.8, 4) is 0 Å². The number of hydrogen-bond acceptors (Lipinski definition) is 5. The maximum atomic E-state index is 13.6. The summed E-state index contributed by atoms with van der Waals surface area (Å²) in [5.74, 6) is -0.624. The highest BCUT2D eigenvalue weighted by molar-refractivity contribution is 7.03. The third-order valence-corrected chi connectivity index (χ3v) is 5.04. The number of para-hydroxylation sites is 1. The minimum Gasteiger partial charge on any atom is -0.349 e. The highest BCUT2D eigenvalue weighted by Crippen LogP contribution is 2.32. The summed E-state index contributed by atoms with van der Waals surface area (Å²) in [7, 11) is 0. The molecule has 2 aromatic carbocycles. The molecule has 30 heavy (non-hydrogen) atoms. The van der Waals surface area contributed by atoms with Gasteiger partial charge in [-0.15, -0.1) is 5.10 Å². The minimum atomic E-state index is -0.862. The predicted molar refractivity (Wildman–Crippen MR) is 120 cm³/mol. The van der Waals surface area contributed by atoms with Crippen LogP contribution in [0, 0.1) is 13.8 Å². The number of benzene rings is 2. The van der Waals surface area contributed by atoms with Gasteiger partial charge in [0.25, 0.3) is 5.91 Å². The van der Waals surface area contributed by atoms with Gasteiger partial charge in [-0.05, 0) is 63.3 Å². The van der Waals surface area contributed by atoms with Gasteiger partial charge in [0.15, 0.2) is 5.69 Å². The Morgan fingerprint density at radius 1 is 1.07 bits per heavy atom. The number of rotatable bonds is 5. The van der Waals surface area contributed by atoms with E-state index in [1.807, 2.05) is 83.1 Å². The standard InChI is InChI=1S/C23H26N4O2S/c1-15-9-8-11-17(13-15)20(21(28)24-23(3,4)5)27(19-12-7-6-10-16(19)2)22(29)18-14-30-26-25-18/h6-14,20H,1-5H3,(H,24,28)/t20-/m1/s1. The molecule has 0 aliphatic carbocycles. The molecule has 0 fully saturated rings. The summed E-state index contributed by atoms with van der Waals surface area (Å²) in [6.45, 7) is 9.64. The van der Waals surface area contributed by atoms with Crippen LogP contribution in [0.1, 0.15) is 54.0 Å². The van der Waals surface area contributed by atoms with E-state index in [0.29, 0.717) is 5.69 Å². The molecular weight excluding hydrogens is 396 g/mol. The molecule has 0 aliphatic rings.